The molecule has 1 aromatic rings. The van der Waals surface area contributed by atoms with E-state index in [0.29, 0.717) is 29.9 Å². The molecule has 0 spiro atoms. The second-order valence-corrected chi connectivity index (χ2v) is 6.85. The maximum atomic E-state index is 12.4. The lowest BCUT2D eigenvalue weighted by Crippen LogP contribution is -2.30. The summed E-state index contributed by atoms with van der Waals surface area (Å²) in [4.78, 5) is 12.4. The van der Waals surface area contributed by atoms with Crippen LogP contribution in [0.5, 0.6) is 11.5 Å². The third kappa shape index (κ3) is 2.75. The fourth-order valence-corrected chi connectivity index (χ4v) is 4.83. The van der Waals surface area contributed by atoms with Gasteiger partial charge in [-0.1, -0.05) is 0 Å². The highest BCUT2D eigenvalue weighted by Crippen LogP contribution is 2.58. The lowest BCUT2D eigenvalue weighted by molar-refractivity contribution is -0.148. The zero-order chi connectivity index (χ0) is 17.3. The molecule has 4 atom stereocenters. The maximum Gasteiger partial charge on any atom is 0.309 e. The van der Waals surface area contributed by atoms with Crippen LogP contribution in [0.2, 0.25) is 0 Å². The molecule has 2 bridgehead atoms. The van der Waals surface area contributed by atoms with Gasteiger partial charge in [-0.3, -0.25) is 4.79 Å². The van der Waals surface area contributed by atoms with Crippen molar-refractivity contribution in [2.24, 2.45) is 23.5 Å². The normalized spacial score (nSPS) is 28.0. The van der Waals surface area contributed by atoms with Gasteiger partial charge in [-0.25, -0.2) is 0 Å². The summed E-state index contributed by atoms with van der Waals surface area (Å²) in [5, 5.41) is 0. The highest BCUT2D eigenvalue weighted by Gasteiger charge is 2.52. The Hall–Kier alpha value is -1.75. The molecule has 2 saturated carbocycles. The second kappa shape index (κ2) is 7.01. The molecule has 3 rings (SSSR count). The molecule has 0 aromatic heterocycles. The number of carbonyl (C=O) groups is 1. The number of esters is 1. The monoisotopic (exact) mass is 333 g/mol. The summed E-state index contributed by atoms with van der Waals surface area (Å²) in [5.74, 6) is 2.45. The number of hydrogen-bond donors (Lipinski definition) is 1. The van der Waals surface area contributed by atoms with Crippen LogP contribution in [0.15, 0.2) is 12.1 Å². The molecule has 4 unspecified atom stereocenters. The van der Waals surface area contributed by atoms with Gasteiger partial charge in [0.2, 0.25) is 0 Å². The molecular formula is C19H27NO4. The van der Waals surface area contributed by atoms with E-state index in [1.807, 2.05) is 12.1 Å². The third-order valence-corrected chi connectivity index (χ3v) is 5.81. The highest BCUT2D eigenvalue weighted by atomic mass is 16.5. The van der Waals surface area contributed by atoms with E-state index in [1.165, 1.54) is 19.1 Å². The number of methoxy groups -OCH3 is 3. The van der Waals surface area contributed by atoms with Gasteiger partial charge >= 0.3 is 5.97 Å². The van der Waals surface area contributed by atoms with Crippen LogP contribution in [0.4, 0.5) is 0 Å². The summed E-state index contributed by atoms with van der Waals surface area (Å²) in [5.41, 5.74) is 8.16. The molecule has 24 heavy (non-hydrogen) atoms. The number of fused-ring (bicyclic) bond motifs is 2. The average molecular weight is 333 g/mol. The van der Waals surface area contributed by atoms with E-state index in [-0.39, 0.29) is 17.8 Å². The van der Waals surface area contributed by atoms with Crippen molar-refractivity contribution in [3.05, 3.63) is 23.3 Å². The molecule has 0 radical (unpaired) electrons. The van der Waals surface area contributed by atoms with E-state index in [1.54, 1.807) is 14.2 Å². The molecule has 2 fully saturated rings. The quantitative estimate of drug-likeness (QED) is 0.810. The van der Waals surface area contributed by atoms with E-state index in [9.17, 15) is 4.79 Å². The average Bonchev–Trinajstić information content (AvgIpc) is 3.22. The Morgan fingerprint density at radius 2 is 1.79 bits per heavy atom. The number of hydrogen-bond acceptors (Lipinski definition) is 5. The Kier molecular flexibility index (Phi) is 4.99. The first kappa shape index (κ1) is 17.1. The fourth-order valence-electron chi connectivity index (χ4n) is 4.83. The van der Waals surface area contributed by atoms with Crippen molar-refractivity contribution in [1.29, 1.82) is 0 Å². The molecule has 0 saturated heterocycles. The molecule has 2 N–H and O–H groups in total. The number of nitrogens with two attached hydrogens (primary N) is 1. The van der Waals surface area contributed by atoms with E-state index in [0.717, 1.165) is 24.8 Å². The largest absolute Gasteiger partial charge is 0.493 e. The van der Waals surface area contributed by atoms with Gasteiger partial charge in [-0.05, 0) is 67.3 Å². The Bertz CT molecular complexity index is 616. The molecule has 0 aliphatic heterocycles. The SMILES string of the molecule is COC(=O)C1C2CCC(C2)C1c1cc(OC)c(OC)cc1CCN. The molecule has 0 heterocycles. The Balaban J connectivity index is 2.07. The van der Waals surface area contributed by atoms with Crippen LogP contribution in [-0.4, -0.2) is 33.8 Å². The van der Waals surface area contributed by atoms with Crippen LogP contribution in [-0.2, 0) is 16.0 Å². The van der Waals surface area contributed by atoms with Crippen molar-refractivity contribution in [2.75, 3.05) is 27.9 Å². The zero-order valence-corrected chi connectivity index (χ0v) is 14.7. The van der Waals surface area contributed by atoms with Crippen molar-refractivity contribution < 1.29 is 19.0 Å². The molecule has 0 amide bonds. The van der Waals surface area contributed by atoms with Crippen LogP contribution in [0.1, 0.15) is 36.3 Å². The smallest absolute Gasteiger partial charge is 0.309 e. The fraction of sp³-hybridized carbons (Fsp3) is 0.632. The van der Waals surface area contributed by atoms with Crippen molar-refractivity contribution in [3.63, 3.8) is 0 Å². The minimum atomic E-state index is -0.0827. The van der Waals surface area contributed by atoms with E-state index in [2.05, 4.69) is 0 Å². The minimum Gasteiger partial charge on any atom is -0.493 e. The molecule has 2 aliphatic carbocycles. The number of ether oxygens (including phenoxy) is 3. The van der Waals surface area contributed by atoms with Crippen molar-refractivity contribution in [3.8, 4) is 11.5 Å². The van der Waals surface area contributed by atoms with Crippen molar-refractivity contribution in [1.82, 2.24) is 0 Å². The van der Waals surface area contributed by atoms with Gasteiger partial charge in [0.05, 0.1) is 27.2 Å². The van der Waals surface area contributed by atoms with Gasteiger partial charge in [0.15, 0.2) is 11.5 Å². The second-order valence-electron chi connectivity index (χ2n) is 6.85. The predicted molar refractivity (Wildman–Crippen MR) is 91.4 cm³/mol. The van der Waals surface area contributed by atoms with Gasteiger partial charge in [0.25, 0.3) is 0 Å². The van der Waals surface area contributed by atoms with Crippen LogP contribution in [0.3, 0.4) is 0 Å². The third-order valence-electron chi connectivity index (χ3n) is 5.81. The molecule has 2 aliphatic rings. The first-order valence-corrected chi connectivity index (χ1v) is 8.67. The van der Waals surface area contributed by atoms with Gasteiger partial charge in [-0.2, -0.15) is 0 Å². The zero-order valence-electron chi connectivity index (χ0n) is 14.7. The number of rotatable bonds is 6. The molecule has 1 aromatic carbocycles. The maximum absolute atomic E-state index is 12.4. The van der Waals surface area contributed by atoms with E-state index < -0.39 is 0 Å². The topological polar surface area (TPSA) is 70.8 Å². The summed E-state index contributed by atoms with van der Waals surface area (Å²) < 4.78 is 16.1. The van der Waals surface area contributed by atoms with Crippen LogP contribution in [0.25, 0.3) is 0 Å². The minimum absolute atomic E-state index is 0.0524. The van der Waals surface area contributed by atoms with Crippen LogP contribution >= 0.6 is 0 Å². The van der Waals surface area contributed by atoms with Crippen molar-refractivity contribution >= 4 is 5.97 Å². The molecular weight excluding hydrogens is 306 g/mol. The van der Waals surface area contributed by atoms with Gasteiger partial charge in [0.1, 0.15) is 0 Å². The predicted octanol–water partition coefficient (Wildman–Crippen LogP) is 2.51. The van der Waals surface area contributed by atoms with Gasteiger partial charge in [0, 0.05) is 5.92 Å². The molecule has 5 heteroatoms. The summed E-state index contributed by atoms with van der Waals surface area (Å²) in [6, 6.07) is 4.06. The first-order valence-electron chi connectivity index (χ1n) is 8.67. The first-order chi connectivity index (χ1) is 11.6. The highest BCUT2D eigenvalue weighted by molar-refractivity contribution is 5.75. The summed E-state index contributed by atoms with van der Waals surface area (Å²) in [7, 11) is 4.77. The van der Waals surface area contributed by atoms with Crippen molar-refractivity contribution in [2.45, 2.75) is 31.6 Å². The lowest BCUT2D eigenvalue weighted by Gasteiger charge is -2.31. The lowest BCUT2D eigenvalue weighted by atomic mass is 9.73. The van der Waals surface area contributed by atoms with Crippen LogP contribution < -0.4 is 15.2 Å². The standard InChI is InChI=1S/C19H27NO4/c1-22-15-9-11(6-7-20)14(10-16(15)23-2)17-12-4-5-13(8-12)18(17)19(21)24-3/h9-10,12-13,17-18H,4-8,20H2,1-3H3. The molecule has 132 valence electrons. The van der Waals surface area contributed by atoms with Gasteiger partial charge in [-0.15, -0.1) is 0 Å². The summed E-state index contributed by atoms with van der Waals surface area (Å²) in [6.07, 6.45) is 4.18. The Labute approximate surface area is 143 Å². The number of carbonyl (C=O) groups excluding carboxylic acids is 1. The summed E-state index contributed by atoms with van der Waals surface area (Å²) >= 11 is 0. The van der Waals surface area contributed by atoms with E-state index >= 15 is 0 Å². The summed E-state index contributed by atoms with van der Waals surface area (Å²) in [6.45, 7) is 0.562. The molecule has 5 nitrogen and oxygen atoms in total. The number of benzene rings is 1. The van der Waals surface area contributed by atoms with Gasteiger partial charge < -0.3 is 19.9 Å². The Morgan fingerprint density at radius 1 is 1.12 bits per heavy atom. The van der Waals surface area contributed by atoms with E-state index in [4.69, 9.17) is 19.9 Å². The van der Waals surface area contributed by atoms with Crippen LogP contribution in [0, 0.1) is 17.8 Å². The Morgan fingerprint density at radius 3 is 2.42 bits per heavy atom.